The molecule has 2 heterocycles. The summed E-state index contributed by atoms with van der Waals surface area (Å²) in [4.78, 5) is 6.72. The van der Waals surface area contributed by atoms with Crippen LogP contribution in [0, 0.1) is 6.92 Å². The van der Waals surface area contributed by atoms with E-state index in [-0.39, 0.29) is 6.04 Å². The van der Waals surface area contributed by atoms with Crippen LogP contribution in [0.4, 0.5) is 0 Å². The van der Waals surface area contributed by atoms with Crippen LogP contribution in [0.3, 0.4) is 0 Å². The summed E-state index contributed by atoms with van der Waals surface area (Å²) in [7, 11) is 0. The van der Waals surface area contributed by atoms with Gasteiger partial charge in [-0.1, -0.05) is 0 Å². The lowest BCUT2D eigenvalue weighted by Gasteiger charge is -2.31. The van der Waals surface area contributed by atoms with Gasteiger partial charge in [0.1, 0.15) is 0 Å². The van der Waals surface area contributed by atoms with Gasteiger partial charge >= 0.3 is 0 Å². The van der Waals surface area contributed by atoms with Gasteiger partial charge in [0.15, 0.2) is 0 Å². The minimum absolute atomic E-state index is 0.241. The number of aryl methyl sites for hydroxylation is 1. The fourth-order valence-corrected chi connectivity index (χ4v) is 2.62. The zero-order chi connectivity index (χ0) is 11.7. The van der Waals surface area contributed by atoms with Gasteiger partial charge in [-0.15, -0.1) is 0 Å². The molecule has 2 unspecified atom stereocenters. The molecule has 0 amide bonds. The Hall–Kier alpha value is -0.930. The molecule has 1 aromatic heterocycles. The average molecular weight is 219 g/mol. The molecule has 2 atom stereocenters. The Balaban J connectivity index is 2.34. The third kappa shape index (κ3) is 1.97. The van der Waals surface area contributed by atoms with Crippen LogP contribution >= 0.6 is 0 Å². The molecule has 1 saturated heterocycles. The molecule has 0 spiro atoms. The Kier molecular flexibility index (Phi) is 3.26. The van der Waals surface area contributed by atoms with Gasteiger partial charge in [-0.3, -0.25) is 9.88 Å². The number of nitrogens with two attached hydrogens (primary N) is 1. The molecule has 1 aliphatic heterocycles. The zero-order valence-corrected chi connectivity index (χ0v) is 10.4. The lowest BCUT2D eigenvalue weighted by molar-refractivity contribution is 0.197. The molecule has 88 valence electrons. The lowest BCUT2D eigenvalue weighted by Crippen LogP contribution is -2.36. The fraction of sp³-hybridized carbons (Fsp3) is 0.615. The van der Waals surface area contributed by atoms with Gasteiger partial charge in [0.05, 0.1) is 6.04 Å². The Morgan fingerprint density at radius 3 is 2.88 bits per heavy atom. The van der Waals surface area contributed by atoms with Crippen LogP contribution in [0.5, 0.6) is 0 Å². The molecule has 0 radical (unpaired) electrons. The molecule has 2 rings (SSSR count). The Morgan fingerprint density at radius 2 is 2.25 bits per heavy atom. The van der Waals surface area contributed by atoms with Crippen molar-refractivity contribution in [2.75, 3.05) is 6.54 Å². The molecule has 0 bridgehead atoms. The van der Waals surface area contributed by atoms with Crippen LogP contribution in [0.15, 0.2) is 18.5 Å². The predicted octanol–water partition coefficient (Wildman–Crippen LogP) is 1.87. The molecule has 3 nitrogen and oxygen atoms in total. The Morgan fingerprint density at radius 1 is 1.50 bits per heavy atom. The predicted molar refractivity (Wildman–Crippen MR) is 66.1 cm³/mol. The smallest absolute Gasteiger partial charge is 0.0520 e. The van der Waals surface area contributed by atoms with Crippen LogP contribution in [0.25, 0.3) is 0 Å². The minimum Gasteiger partial charge on any atom is -0.326 e. The van der Waals surface area contributed by atoms with Crippen LogP contribution in [0.2, 0.25) is 0 Å². The summed E-state index contributed by atoms with van der Waals surface area (Å²) >= 11 is 0. The molecule has 1 aromatic rings. The molecule has 1 aliphatic rings. The molecule has 0 aliphatic carbocycles. The highest BCUT2D eigenvalue weighted by Crippen LogP contribution is 2.33. The van der Waals surface area contributed by atoms with Gasteiger partial charge in [-0.05, 0) is 44.4 Å². The van der Waals surface area contributed by atoms with Crippen molar-refractivity contribution in [3.8, 4) is 0 Å². The molecule has 2 N–H and O–H groups in total. The summed E-state index contributed by atoms with van der Waals surface area (Å²) in [5, 5.41) is 0. The SMILES string of the molecule is Cc1ccncc1C1C(N)CCN1C(C)C. The number of nitrogens with zero attached hydrogens (tertiary/aromatic N) is 2. The molecular formula is C13H21N3. The monoisotopic (exact) mass is 219 g/mol. The van der Waals surface area contributed by atoms with Crippen molar-refractivity contribution in [1.29, 1.82) is 0 Å². The first-order valence-electron chi connectivity index (χ1n) is 6.03. The van der Waals surface area contributed by atoms with E-state index in [9.17, 15) is 0 Å². The second-order valence-electron chi connectivity index (χ2n) is 4.96. The molecular weight excluding hydrogens is 198 g/mol. The van der Waals surface area contributed by atoms with Gasteiger partial charge in [0.25, 0.3) is 0 Å². The number of hydrogen-bond donors (Lipinski definition) is 1. The third-order valence-corrected chi connectivity index (χ3v) is 3.54. The van der Waals surface area contributed by atoms with Gasteiger partial charge in [-0.2, -0.15) is 0 Å². The maximum Gasteiger partial charge on any atom is 0.0520 e. The van der Waals surface area contributed by atoms with Crippen LogP contribution in [-0.4, -0.2) is 28.5 Å². The van der Waals surface area contributed by atoms with Crippen molar-refractivity contribution < 1.29 is 0 Å². The summed E-state index contributed by atoms with van der Waals surface area (Å²) in [6, 6.07) is 3.19. The van der Waals surface area contributed by atoms with Crippen molar-refractivity contribution in [2.24, 2.45) is 5.73 Å². The second kappa shape index (κ2) is 4.52. The number of rotatable bonds is 2. The maximum atomic E-state index is 6.24. The Labute approximate surface area is 97.7 Å². The normalized spacial score (nSPS) is 26.6. The van der Waals surface area contributed by atoms with Crippen molar-refractivity contribution in [2.45, 2.75) is 45.3 Å². The quantitative estimate of drug-likeness (QED) is 0.825. The summed E-state index contributed by atoms with van der Waals surface area (Å²) in [5.41, 5.74) is 8.83. The zero-order valence-electron chi connectivity index (χ0n) is 10.4. The van der Waals surface area contributed by atoms with E-state index in [0.717, 1.165) is 13.0 Å². The van der Waals surface area contributed by atoms with E-state index in [0.29, 0.717) is 12.1 Å². The largest absolute Gasteiger partial charge is 0.326 e. The molecule has 1 fully saturated rings. The standard InChI is InChI=1S/C13H21N3/c1-9(2)16-7-5-12(14)13(16)11-8-15-6-4-10(11)3/h4,6,8-9,12-13H,5,7,14H2,1-3H3. The highest BCUT2D eigenvalue weighted by Gasteiger charge is 2.35. The molecule has 0 aromatic carbocycles. The fourth-order valence-electron chi connectivity index (χ4n) is 2.62. The van der Waals surface area contributed by atoms with E-state index in [1.165, 1.54) is 11.1 Å². The second-order valence-corrected chi connectivity index (χ2v) is 4.96. The van der Waals surface area contributed by atoms with E-state index < -0.39 is 0 Å². The first-order chi connectivity index (χ1) is 7.61. The highest BCUT2D eigenvalue weighted by molar-refractivity contribution is 5.27. The highest BCUT2D eigenvalue weighted by atomic mass is 15.2. The first kappa shape index (κ1) is 11.6. The Bertz CT molecular complexity index is 362. The van der Waals surface area contributed by atoms with Gasteiger partial charge in [-0.25, -0.2) is 0 Å². The van der Waals surface area contributed by atoms with Crippen molar-refractivity contribution in [1.82, 2.24) is 9.88 Å². The van der Waals surface area contributed by atoms with Gasteiger partial charge in [0.2, 0.25) is 0 Å². The summed E-state index contributed by atoms with van der Waals surface area (Å²) in [6.07, 6.45) is 4.90. The van der Waals surface area contributed by atoms with Gasteiger partial charge in [0, 0.05) is 31.0 Å². The van der Waals surface area contributed by atoms with E-state index in [4.69, 9.17) is 5.73 Å². The summed E-state index contributed by atoms with van der Waals surface area (Å²) in [5.74, 6) is 0. The summed E-state index contributed by atoms with van der Waals surface area (Å²) < 4.78 is 0. The third-order valence-electron chi connectivity index (χ3n) is 3.54. The van der Waals surface area contributed by atoms with E-state index in [1.807, 2.05) is 12.4 Å². The maximum absolute atomic E-state index is 6.24. The topological polar surface area (TPSA) is 42.1 Å². The number of hydrogen-bond acceptors (Lipinski definition) is 3. The number of aromatic nitrogens is 1. The van der Waals surface area contributed by atoms with Crippen LogP contribution in [-0.2, 0) is 0 Å². The molecule has 3 heteroatoms. The molecule has 0 saturated carbocycles. The van der Waals surface area contributed by atoms with E-state index in [2.05, 4.69) is 36.7 Å². The molecule has 16 heavy (non-hydrogen) atoms. The van der Waals surface area contributed by atoms with Crippen molar-refractivity contribution in [3.05, 3.63) is 29.6 Å². The minimum atomic E-state index is 0.241. The van der Waals surface area contributed by atoms with Gasteiger partial charge < -0.3 is 5.73 Å². The average Bonchev–Trinajstić information content (AvgIpc) is 2.61. The van der Waals surface area contributed by atoms with Crippen LogP contribution < -0.4 is 5.73 Å². The number of likely N-dealkylation sites (tertiary alicyclic amines) is 1. The van der Waals surface area contributed by atoms with Crippen molar-refractivity contribution >= 4 is 0 Å². The number of pyridine rings is 1. The van der Waals surface area contributed by atoms with E-state index >= 15 is 0 Å². The van der Waals surface area contributed by atoms with E-state index in [1.54, 1.807) is 0 Å². The lowest BCUT2D eigenvalue weighted by atomic mass is 9.98. The first-order valence-corrected chi connectivity index (χ1v) is 6.03. The summed E-state index contributed by atoms with van der Waals surface area (Å²) in [6.45, 7) is 7.70. The van der Waals surface area contributed by atoms with Crippen LogP contribution in [0.1, 0.15) is 37.4 Å². The van der Waals surface area contributed by atoms with Crippen molar-refractivity contribution in [3.63, 3.8) is 0 Å².